The predicted octanol–water partition coefficient (Wildman–Crippen LogP) is 1.65. The molecule has 6 nitrogen and oxygen atoms in total. The second-order valence-corrected chi connectivity index (χ2v) is 5.96. The van der Waals surface area contributed by atoms with Gasteiger partial charge in [0, 0.05) is 30.8 Å². The van der Waals surface area contributed by atoms with Gasteiger partial charge in [-0.25, -0.2) is 0 Å². The van der Waals surface area contributed by atoms with Gasteiger partial charge in [0.1, 0.15) is 0 Å². The number of benzene rings is 1. The van der Waals surface area contributed by atoms with Crippen molar-refractivity contribution in [3.8, 4) is 0 Å². The maximum Gasteiger partial charge on any atom is 0.273 e. The summed E-state index contributed by atoms with van der Waals surface area (Å²) in [5.74, 6) is 0.0956. The van der Waals surface area contributed by atoms with E-state index in [4.69, 9.17) is 0 Å². The van der Waals surface area contributed by atoms with Gasteiger partial charge in [0.05, 0.1) is 17.6 Å². The van der Waals surface area contributed by atoms with Crippen LogP contribution in [0.5, 0.6) is 0 Å². The first kappa shape index (κ1) is 15.9. The Hall–Kier alpha value is -1.50. The molecule has 1 aliphatic heterocycles. The minimum atomic E-state index is -0.438. The number of nitro groups is 1. The van der Waals surface area contributed by atoms with Gasteiger partial charge < -0.3 is 10.2 Å². The Morgan fingerprint density at radius 2 is 2.19 bits per heavy atom. The molecule has 2 rings (SSSR count). The molecule has 21 heavy (non-hydrogen) atoms. The molecular weight excluding hydrogens is 272 g/mol. The van der Waals surface area contributed by atoms with Crippen molar-refractivity contribution in [2.45, 2.75) is 44.9 Å². The normalized spacial score (nSPS) is 22.9. The van der Waals surface area contributed by atoms with Gasteiger partial charge in [-0.3, -0.25) is 15.0 Å². The van der Waals surface area contributed by atoms with E-state index in [1.54, 1.807) is 12.1 Å². The van der Waals surface area contributed by atoms with Crippen molar-refractivity contribution in [2.75, 3.05) is 13.2 Å². The Morgan fingerprint density at radius 1 is 1.48 bits per heavy atom. The highest BCUT2D eigenvalue weighted by Crippen LogP contribution is 2.29. The number of hydrogen-bond acceptors (Lipinski definition) is 5. The number of rotatable bonds is 5. The number of β-amino-alcohol motifs (C(OH)–C–C–N with tert-alkyl or cyclic N) is 1. The molecule has 6 heteroatoms. The first-order valence-electron chi connectivity index (χ1n) is 7.22. The Bertz CT molecular complexity index is 518. The van der Waals surface area contributed by atoms with Crippen LogP contribution >= 0.6 is 0 Å². The predicted molar refractivity (Wildman–Crippen MR) is 79.1 cm³/mol. The van der Waals surface area contributed by atoms with Gasteiger partial charge in [-0.05, 0) is 17.9 Å². The van der Waals surface area contributed by atoms with Crippen molar-refractivity contribution in [1.29, 1.82) is 0 Å². The highest BCUT2D eigenvalue weighted by atomic mass is 16.6. The molecule has 1 saturated heterocycles. The van der Waals surface area contributed by atoms with Crippen LogP contribution in [0.1, 0.15) is 37.3 Å². The molecule has 1 aromatic rings. The molecule has 1 aliphatic rings. The summed E-state index contributed by atoms with van der Waals surface area (Å²) in [6, 6.07) is 5.22. The molecule has 2 atom stereocenters. The molecule has 2 N–H and O–H groups in total. The maximum atomic E-state index is 11.2. The lowest BCUT2D eigenvalue weighted by molar-refractivity contribution is -0.385. The SMILES string of the molecule is CC(C)c1ccc(CN2C[C@@H](O)C[C@H]2CO)cc1[N+](=O)[O-]. The lowest BCUT2D eigenvalue weighted by Gasteiger charge is -2.22. The van der Waals surface area contributed by atoms with Crippen LogP contribution in [0.4, 0.5) is 5.69 Å². The third-order valence-corrected chi connectivity index (χ3v) is 4.02. The zero-order valence-electron chi connectivity index (χ0n) is 12.4. The van der Waals surface area contributed by atoms with Gasteiger partial charge >= 0.3 is 0 Å². The molecule has 0 saturated carbocycles. The zero-order chi connectivity index (χ0) is 15.6. The molecule has 0 radical (unpaired) electrons. The van der Waals surface area contributed by atoms with Crippen molar-refractivity contribution in [1.82, 2.24) is 4.90 Å². The number of likely N-dealkylation sites (tertiary alicyclic amines) is 1. The van der Waals surface area contributed by atoms with Crippen LogP contribution in [-0.4, -0.2) is 45.3 Å². The van der Waals surface area contributed by atoms with Crippen LogP contribution in [0, 0.1) is 10.1 Å². The average Bonchev–Trinajstić information content (AvgIpc) is 2.78. The van der Waals surface area contributed by atoms with E-state index in [0.29, 0.717) is 19.5 Å². The van der Waals surface area contributed by atoms with Gasteiger partial charge in [-0.1, -0.05) is 26.0 Å². The molecule has 1 heterocycles. The summed E-state index contributed by atoms with van der Waals surface area (Å²) in [4.78, 5) is 12.8. The van der Waals surface area contributed by atoms with Crippen molar-refractivity contribution in [3.63, 3.8) is 0 Å². The zero-order valence-corrected chi connectivity index (χ0v) is 12.4. The van der Waals surface area contributed by atoms with Crippen LogP contribution < -0.4 is 0 Å². The first-order chi connectivity index (χ1) is 9.92. The molecule has 0 spiro atoms. The van der Waals surface area contributed by atoms with E-state index in [-0.39, 0.29) is 29.2 Å². The summed E-state index contributed by atoms with van der Waals surface area (Å²) in [5.41, 5.74) is 1.70. The average molecular weight is 294 g/mol. The molecule has 116 valence electrons. The Morgan fingerprint density at radius 3 is 2.76 bits per heavy atom. The van der Waals surface area contributed by atoms with E-state index in [1.807, 2.05) is 24.8 Å². The molecule has 0 aliphatic carbocycles. The summed E-state index contributed by atoms with van der Waals surface area (Å²) < 4.78 is 0. The molecule has 0 bridgehead atoms. The standard InChI is InChI=1S/C15H22N2O4/c1-10(2)14-4-3-11(5-15(14)17(20)21)7-16-8-13(19)6-12(16)9-18/h3-5,10,12-13,18-19H,6-9H2,1-2H3/t12-,13-/m0/s1. The highest BCUT2D eigenvalue weighted by Gasteiger charge is 2.30. The van der Waals surface area contributed by atoms with E-state index < -0.39 is 6.10 Å². The summed E-state index contributed by atoms with van der Waals surface area (Å²) in [6.45, 7) is 4.84. The summed E-state index contributed by atoms with van der Waals surface area (Å²) in [5, 5.41) is 30.2. The number of hydrogen-bond donors (Lipinski definition) is 2. The fourth-order valence-electron chi connectivity index (χ4n) is 2.91. The van der Waals surface area contributed by atoms with E-state index in [2.05, 4.69) is 0 Å². The van der Waals surface area contributed by atoms with Crippen LogP contribution in [-0.2, 0) is 6.54 Å². The Kier molecular flexibility index (Phi) is 4.92. The van der Waals surface area contributed by atoms with Crippen molar-refractivity contribution in [3.05, 3.63) is 39.4 Å². The summed E-state index contributed by atoms with van der Waals surface area (Å²) in [6.07, 6.45) is 0.106. The number of aliphatic hydroxyl groups excluding tert-OH is 2. The topological polar surface area (TPSA) is 86.8 Å². The monoisotopic (exact) mass is 294 g/mol. The lowest BCUT2D eigenvalue weighted by Crippen LogP contribution is -2.31. The molecule has 0 unspecified atom stereocenters. The van der Waals surface area contributed by atoms with Crippen molar-refractivity contribution < 1.29 is 15.1 Å². The van der Waals surface area contributed by atoms with Gasteiger partial charge in [-0.15, -0.1) is 0 Å². The van der Waals surface area contributed by atoms with Crippen LogP contribution in [0.25, 0.3) is 0 Å². The smallest absolute Gasteiger partial charge is 0.273 e. The van der Waals surface area contributed by atoms with Gasteiger partial charge in [-0.2, -0.15) is 0 Å². The van der Waals surface area contributed by atoms with Crippen LogP contribution in [0.15, 0.2) is 18.2 Å². The first-order valence-corrected chi connectivity index (χ1v) is 7.22. The van der Waals surface area contributed by atoms with Gasteiger partial charge in [0.25, 0.3) is 5.69 Å². The molecule has 1 aromatic carbocycles. The van der Waals surface area contributed by atoms with Crippen molar-refractivity contribution in [2.24, 2.45) is 0 Å². The molecule has 0 aromatic heterocycles. The largest absolute Gasteiger partial charge is 0.395 e. The van der Waals surface area contributed by atoms with Gasteiger partial charge in [0.2, 0.25) is 0 Å². The van der Waals surface area contributed by atoms with Crippen LogP contribution in [0.3, 0.4) is 0 Å². The minimum Gasteiger partial charge on any atom is -0.395 e. The van der Waals surface area contributed by atoms with E-state index >= 15 is 0 Å². The molecule has 1 fully saturated rings. The number of aliphatic hydroxyl groups is 2. The Labute approximate surface area is 124 Å². The molecule has 0 amide bonds. The lowest BCUT2D eigenvalue weighted by atomic mass is 9.99. The Balaban J connectivity index is 2.21. The highest BCUT2D eigenvalue weighted by molar-refractivity contribution is 5.45. The van der Waals surface area contributed by atoms with E-state index in [0.717, 1.165) is 11.1 Å². The fraction of sp³-hybridized carbons (Fsp3) is 0.600. The maximum absolute atomic E-state index is 11.2. The summed E-state index contributed by atoms with van der Waals surface area (Å²) >= 11 is 0. The summed E-state index contributed by atoms with van der Waals surface area (Å²) in [7, 11) is 0. The second kappa shape index (κ2) is 6.51. The third-order valence-electron chi connectivity index (χ3n) is 4.02. The van der Waals surface area contributed by atoms with Crippen LogP contribution in [0.2, 0.25) is 0 Å². The fourth-order valence-corrected chi connectivity index (χ4v) is 2.91. The minimum absolute atomic E-state index is 0.0107. The quantitative estimate of drug-likeness (QED) is 0.637. The molecular formula is C15H22N2O4. The third kappa shape index (κ3) is 3.58. The van der Waals surface area contributed by atoms with E-state index in [9.17, 15) is 20.3 Å². The van der Waals surface area contributed by atoms with Gasteiger partial charge in [0.15, 0.2) is 0 Å². The van der Waals surface area contributed by atoms with Crippen molar-refractivity contribution >= 4 is 5.69 Å². The number of nitro benzene ring substituents is 1. The number of nitrogens with zero attached hydrogens (tertiary/aromatic N) is 2. The van der Waals surface area contributed by atoms with E-state index in [1.165, 1.54) is 0 Å². The second-order valence-electron chi connectivity index (χ2n) is 5.96.